The number of aryl methyl sites for hydroxylation is 1. The molecule has 0 aliphatic heterocycles. The zero-order valence-corrected chi connectivity index (χ0v) is 27.9. The van der Waals surface area contributed by atoms with Crippen LogP contribution in [0.2, 0.25) is 0 Å². The first-order valence-corrected chi connectivity index (χ1v) is 16.9. The van der Waals surface area contributed by atoms with Crippen LogP contribution < -0.4 is 9.62 Å². The lowest BCUT2D eigenvalue weighted by atomic mass is 10.0. The van der Waals surface area contributed by atoms with E-state index in [0.29, 0.717) is 12.0 Å². The fourth-order valence-corrected chi connectivity index (χ4v) is 6.43. The van der Waals surface area contributed by atoms with Gasteiger partial charge >= 0.3 is 0 Å². The van der Waals surface area contributed by atoms with Gasteiger partial charge in [0.25, 0.3) is 10.0 Å². The van der Waals surface area contributed by atoms with Crippen LogP contribution in [0.1, 0.15) is 37.0 Å². The number of hydrogen-bond acceptors (Lipinski definition) is 4. The predicted octanol–water partition coefficient (Wildman–Crippen LogP) is 6.65. The molecule has 45 heavy (non-hydrogen) atoms. The van der Waals surface area contributed by atoms with E-state index in [1.54, 1.807) is 48.5 Å². The molecule has 2 atom stereocenters. The second-order valence-corrected chi connectivity index (χ2v) is 13.8. The van der Waals surface area contributed by atoms with E-state index in [1.807, 2.05) is 51.1 Å². The lowest BCUT2D eigenvalue weighted by Gasteiger charge is -2.34. The van der Waals surface area contributed by atoms with Gasteiger partial charge in [-0.05, 0) is 79.9 Å². The first kappa shape index (κ1) is 33.9. The van der Waals surface area contributed by atoms with E-state index >= 15 is 0 Å². The predicted molar refractivity (Wildman–Crippen MR) is 179 cm³/mol. The SMILES string of the molecule is CC[C@@H](C)NC(=O)[C@H](Cc1ccccc1)N(Cc1ccc(F)cc1)C(=O)CN(c1ccc(Br)cc1)S(=O)(=O)c1ccc(C)cc1. The van der Waals surface area contributed by atoms with E-state index < -0.39 is 34.3 Å². The third kappa shape index (κ3) is 9.02. The molecule has 0 spiro atoms. The van der Waals surface area contributed by atoms with Crippen LogP contribution in [-0.4, -0.2) is 43.8 Å². The summed E-state index contributed by atoms with van der Waals surface area (Å²) in [6.07, 6.45) is 0.876. The molecule has 7 nitrogen and oxygen atoms in total. The van der Waals surface area contributed by atoms with Crippen molar-refractivity contribution in [1.29, 1.82) is 0 Å². The second kappa shape index (κ2) is 15.3. The Kier molecular flexibility index (Phi) is 11.5. The van der Waals surface area contributed by atoms with Gasteiger partial charge in [-0.3, -0.25) is 13.9 Å². The molecular formula is C35H37BrFN3O4S. The van der Waals surface area contributed by atoms with Crippen LogP contribution in [0.25, 0.3) is 0 Å². The van der Waals surface area contributed by atoms with E-state index in [9.17, 15) is 22.4 Å². The highest BCUT2D eigenvalue weighted by molar-refractivity contribution is 9.10. The molecule has 0 aliphatic carbocycles. The fourth-order valence-electron chi connectivity index (χ4n) is 4.76. The normalized spacial score (nSPS) is 12.6. The van der Waals surface area contributed by atoms with Crippen molar-refractivity contribution in [2.45, 2.75) is 57.1 Å². The van der Waals surface area contributed by atoms with Gasteiger partial charge in [0.15, 0.2) is 0 Å². The lowest BCUT2D eigenvalue weighted by molar-refractivity contribution is -0.140. The first-order chi connectivity index (χ1) is 21.5. The van der Waals surface area contributed by atoms with Crippen LogP contribution in [0.5, 0.6) is 0 Å². The smallest absolute Gasteiger partial charge is 0.264 e. The Morgan fingerprint density at radius 1 is 0.867 bits per heavy atom. The van der Waals surface area contributed by atoms with Crippen molar-refractivity contribution in [2.24, 2.45) is 0 Å². The highest BCUT2D eigenvalue weighted by atomic mass is 79.9. The number of hydrogen-bond donors (Lipinski definition) is 1. The van der Waals surface area contributed by atoms with E-state index in [2.05, 4.69) is 21.2 Å². The number of rotatable bonds is 13. The van der Waals surface area contributed by atoms with Crippen LogP contribution >= 0.6 is 15.9 Å². The van der Waals surface area contributed by atoms with Gasteiger partial charge in [0.2, 0.25) is 11.8 Å². The molecule has 0 bridgehead atoms. The molecule has 0 fully saturated rings. The van der Waals surface area contributed by atoms with Crippen molar-refractivity contribution in [1.82, 2.24) is 10.2 Å². The van der Waals surface area contributed by atoms with Crippen LogP contribution in [0.3, 0.4) is 0 Å². The minimum absolute atomic E-state index is 0.0317. The Morgan fingerprint density at radius 3 is 2.09 bits per heavy atom. The second-order valence-electron chi connectivity index (χ2n) is 11.0. The number of sulfonamides is 1. The molecule has 0 aliphatic rings. The summed E-state index contributed by atoms with van der Waals surface area (Å²) in [7, 11) is -4.20. The molecule has 10 heteroatoms. The van der Waals surface area contributed by atoms with Crippen molar-refractivity contribution in [3.8, 4) is 0 Å². The van der Waals surface area contributed by atoms with Crippen molar-refractivity contribution in [3.05, 3.63) is 130 Å². The molecule has 0 unspecified atom stereocenters. The molecule has 0 saturated carbocycles. The molecule has 0 aromatic heterocycles. The standard InChI is InChI=1S/C35H37BrFN3O4S/c1-4-26(3)38-35(42)33(22-27-8-6-5-7-9-27)39(23-28-12-16-30(37)17-13-28)34(41)24-40(31-18-14-29(36)15-19-31)45(43,44)32-20-10-25(2)11-21-32/h5-21,26,33H,4,22-24H2,1-3H3,(H,38,42)/t26-,33+/m1/s1. The Hall–Kier alpha value is -4.02. The highest BCUT2D eigenvalue weighted by Gasteiger charge is 2.35. The van der Waals surface area contributed by atoms with Gasteiger partial charge in [0.1, 0.15) is 18.4 Å². The lowest BCUT2D eigenvalue weighted by Crippen LogP contribution is -2.54. The third-order valence-electron chi connectivity index (χ3n) is 7.54. The number of nitrogens with one attached hydrogen (secondary N) is 1. The number of halogens is 2. The number of benzene rings is 4. The van der Waals surface area contributed by atoms with Crippen LogP contribution in [0, 0.1) is 12.7 Å². The minimum atomic E-state index is -4.20. The number of nitrogens with zero attached hydrogens (tertiary/aromatic N) is 2. The first-order valence-electron chi connectivity index (χ1n) is 14.7. The fraction of sp³-hybridized carbons (Fsp3) is 0.257. The van der Waals surface area contributed by atoms with Crippen molar-refractivity contribution < 1.29 is 22.4 Å². The summed E-state index contributed by atoms with van der Waals surface area (Å²) in [5.41, 5.74) is 2.60. The summed E-state index contributed by atoms with van der Waals surface area (Å²) in [4.78, 5) is 29.7. The number of carbonyl (C=O) groups is 2. The summed E-state index contributed by atoms with van der Waals surface area (Å²) in [6.45, 7) is 5.08. The molecule has 2 amide bonds. The maximum Gasteiger partial charge on any atom is 0.264 e. The summed E-state index contributed by atoms with van der Waals surface area (Å²) < 4.78 is 43.8. The zero-order chi connectivity index (χ0) is 32.6. The molecule has 0 heterocycles. The quantitative estimate of drug-likeness (QED) is 0.170. The molecule has 236 valence electrons. The van der Waals surface area contributed by atoms with Crippen LogP contribution in [0.15, 0.2) is 112 Å². The summed E-state index contributed by atoms with van der Waals surface area (Å²) in [5, 5.41) is 3.00. The number of amides is 2. The average Bonchev–Trinajstić information content (AvgIpc) is 3.03. The number of anilines is 1. The van der Waals surface area contributed by atoms with Gasteiger partial charge in [0.05, 0.1) is 10.6 Å². The molecular weight excluding hydrogens is 657 g/mol. The van der Waals surface area contributed by atoms with Crippen LogP contribution in [0.4, 0.5) is 10.1 Å². The van der Waals surface area contributed by atoms with Crippen LogP contribution in [-0.2, 0) is 32.6 Å². The summed E-state index contributed by atoms with van der Waals surface area (Å²) in [5.74, 6) is -1.38. The molecule has 4 rings (SSSR count). The van der Waals surface area contributed by atoms with Gasteiger partial charge in [-0.15, -0.1) is 0 Å². The molecule has 1 N–H and O–H groups in total. The van der Waals surface area contributed by atoms with Gasteiger partial charge in [-0.25, -0.2) is 12.8 Å². The van der Waals surface area contributed by atoms with E-state index in [1.165, 1.54) is 29.2 Å². The van der Waals surface area contributed by atoms with E-state index in [0.717, 1.165) is 19.9 Å². The molecule has 4 aromatic carbocycles. The Bertz CT molecular complexity index is 1680. The Morgan fingerprint density at radius 2 is 1.49 bits per heavy atom. The third-order valence-corrected chi connectivity index (χ3v) is 9.86. The minimum Gasteiger partial charge on any atom is -0.352 e. The Labute approximate surface area is 273 Å². The summed E-state index contributed by atoms with van der Waals surface area (Å²) in [6, 6.07) is 26.9. The summed E-state index contributed by atoms with van der Waals surface area (Å²) >= 11 is 3.39. The van der Waals surface area contributed by atoms with Gasteiger partial charge < -0.3 is 10.2 Å². The van der Waals surface area contributed by atoms with E-state index in [-0.39, 0.29) is 35.5 Å². The molecule has 0 saturated heterocycles. The van der Waals surface area contributed by atoms with Crippen molar-refractivity contribution >= 4 is 43.5 Å². The van der Waals surface area contributed by atoms with Crippen molar-refractivity contribution in [2.75, 3.05) is 10.8 Å². The monoisotopic (exact) mass is 693 g/mol. The zero-order valence-electron chi connectivity index (χ0n) is 25.5. The topological polar surface area (TPSA) is 86.8 Å². The maximum atomic E-state index is 14.4. The van der Waals surface area contributed by atoms with E-state index in [4.69, 9.17) is 0 Å². The number of carbonyl (C=O) groups excluding carboxylic acids is 2. The van der Waals surface area contributed by atoms with Crippen molar-refractivity contribution in [3.63, 3.8) is 0 Å². The van der Waals surface area contributed by atoms with Gasteiger partial charge in [0, 0.05) is 23.5 Å². The maximum absolute atomic E-state index is 14.4. The van der Waals surface area contributed by atoms with Gasteiger partial charge in [-0.1, -0.05) is 83.0 Å². The highest BCUT2D eigenvalue weighted by Crippen LogP contribution is 2.27. The Balaban J connectivity index is 1.80. The molecule has 4 aromatic rings. The largest absolute Gasteiger partial charge is 0.352 e. The molecule has 0 radical (unpaired) electrons. The average molecular weight is 695 g/mol. The van der Waals surface area contributed by atoms with Gasteiger partial charge in [-0.2, -0.15) is 0 Å².